The average molecular weight is 507 g/mol. The Morgan fingerprint density at radius 2 is 1.94 bits per heavy atom. The second kappa shape index (κ2) is 8.52. The molecular formula is C25H19FN4O5S. The first-order valence-electron chi connectivity index (χ1n) is 11.4. The number of pyridine rings is 1. The number of aryl methyl sites for hydroxylation is 2. The fourth-order valence-corrected chi connectivity index (χ4v) is 5.97. The maximum absolute atomic E-state index is 13.5. The van der Waals surface area contributed by atoms with E-state index in [9.17, 15) is 23.9 Å². The lowest BCUT2D eigenvalue weighted by Gasteiger charge is -2.16. The van der Waals surface area contributed by atoms with E-state index in [1.807, 2.05) is 0 Å². The molecule has 1 fully saturated rings. The SMILES string of the molecule is O=C(O)c1ccc(-c2c3c(nc(CCc4ccc(F)cc4)c2-c2noc(=O)[nH]2)C2CCCN2C3=O)s1. The van der Waals surface area contributed by atoms with Gasteiger partial charge in [0, 0.05) is 17.0 Å². The van der Waals surface area contributed by atoms with E-state index in [0.717, 1.165) is 29.7 Å². The fourth-order valence-electron chi connectivity index (χ4n) is 5.07. The minimum absolute atomic E-state index is 0.115. The number of nitrogens with zero attached hydrogens (tertiary/aromatic N) is 3. The minimum Gasteiger partial charge on any atom is -0.477 e. The number of carbonyl (C=O) groups is 2. The van der Waals surface area contributed by atoms with Crippen LogP contribution in [-0.2, 0) is 12.8 Å². The molecule has 0 saturated carbocycles. The number of carboxylic acid groups (broad SMARTS) is 1. The average Bonchev–Trinajstić information content (AvgIpc) is 3.65. The van der Waals surface area contributed by atoms with Crippen molar-refractivity contribution in [3.8, 4) is 21.8 Å². The molecule has 0 radical (unpaired) electrons. The molecule has 1 unspecified atom stereocenters. The number of rotatable bonds is 6. The molecule has 0 aliphatic carbocycles. The third kappa shape index (κ3) is 3.63. The van der Waals surface area contributed by atoms with Crippen LogP contribution in [0.5, 0.6) is 0 Å². The smallest absolute Gasteiger partial charge is 0.439 e. The molecule has 0 spiro atoms. The molecule has 5 heterocycles. The van der Waals surface area contributed by atoms with E-state index in [1.54, 1.807) is 23.1 Å². The molecule has 2 aliphatic heterocycles. The normalized spacial score (nSPS) is 16.4. The van der Waals surface area contributed by atoms with Gasteiger partial charge >= 0.3 is 11.7 Å². The molecule has 11 heteroatoms. The third-order valence-electron chi connectivity index (χ3n) is 6.65. The molecule has 182 valence electrons. The number of carbonyl (C=O) groups excluding carboxylic acids is 1. The first-order valence-corrected chi connectivity index (χ1v) is 12.2. The lowest BCUT2D eigenvalue weighted by atomic mass is 9.93. The maximum atomic E-state index is 13.5. The predicted octanol–water partition coefficient (Wildman–Crippen LogP) is 4.07. The summed E-state index contributed by atoms with van der Waals surface area (Å²) >= 11 is 1.04. The van der Waals surface area contributed by atoms with Gasteiger partial charge in [0.15, 0.2) is 5.82 Å². The van der Waals surface area contributed by atoms with Gasteiger partial charge in [-0.2, -0.15) is 0 Å². The first kappa shape index (κ1) is 22.4. The largest absolute Gasteiger partial charge is 0.477 e. The fraction of sp³-hybridized carbons (Fsp3) is 0.240. The molecule has 3 aromatic heterocycles. The van der Waals surface area contributed by atoms with Gasteiger partial charge in [-0.1, -0.05) is 17.3 Å². The molecule has 4 aromatic rings. The second-order valence-electron chi connectivity index (χ2n) is 8.76. The number of aromatic carboxylic acids is 1. The number of fused-ring (bicyclic) bond motifs is 3. The maximum Gasteiger partial charge on any atom is 0.439 e. The molecule has 6 rings (SSSR count). The van der Waals surface area contributed by atoms with Crippen molar-refractivity contribution in [2.24, 2.45) is 0 Å². The van der Waals surface area contributed by atoms with Crippen molar-refractivity contribution in [2.45, 2.75) is 31.7 Å². The van der Waals surface area contributed by atoms with Crippen LogP contribution < -0.4 is 5.76 Å². The topological polar surface area (TPSA) is 129 Å². The third-order valence-corrected chi connectivity index (χ3v) is 7.74. The Kier molecular flexibility index (Phi) is 5.29. The number of amides is 1. The van der Waals surface area contributed by atoms with Crippen molar-refractivity contribution >= 4 is 23.2 Å². The minimum atomic E-state index is -1.07. The summed E-state index contributed by atoms with van der Waals surface area (Å²) in [7, 11) is 0. The van der Waals surface area contributed by atoms with E-state index < -0.39 is 11.7 Å². The zero-order valence-electron chi connectivity index (χ0n) is 18.8. The van der Waals surface area contributed by atoms with Crippen molar-refractivity contribution < 1.29 is 23.6 Å². The van der Waals surface area contributed by atoms with Gasteiger partial charge in [0.2, 0.25) is 0 Å². The summed E-state index contributed by atoms with van der Waals surface area (Å²) in [5.74, 6) is -2.21. The van der Waals surface area contributed by atoms with Gasteiger partial charge in [-0.05, 0) is 55.5 Å². The van der Waals surface area contributed by atoms with E-state index in [2.05, 4.69) is 10.1 Å². The summed E-state index contributed by atoms with van der Waals surface area (Å²) in [4.78, 5) is 47.1. The molecule has 1 aromatic carbocycles. The van der Waals surface area contributed by atoms with E-state index in [-0.39, 0.29) is 28.5 Å². The lowest BCUT2D eigenvalue weighted by Crippen LogP contribution is -2.22. The standard InChI is InChI=1S/C25H19FN4O5S/c26-13-6-3-12(4-7-13)5-8-14-18(22-28-25(34)35-29-22)19(16-9-10-17(36-16)24(32)33)20-21(27-14)15-2-1-11-30(15)23(20)31/h3-4,6-7,9-10,15H,1-2,5,8,11H2,(H,32,33)(H,28,29,34). The first-order chi connectivity index (χ1) is 17.4. The van der Waals surface area contributed by atoms with Crippen LogP contribution in [0.1, 0.15) is 55.9 Å². The number of nitrogens with one attached hydrogen (secondary N) is 1. The van der Waals surface area contributed by atoms with Crippen molar-refractivity contribution in [1.82, 2.24) is 20.0 Å². The van der Waals surface area contributed by atoms with Crippen LogP contribution in [0.3, 0.4) is 0 Å². The summed E-state index contributed by atoms with van der Waals surface area (Å²) in [5, 5.41) is 13.4. The Morgan fingerprint density at radius 3 is 2.64 bits per heavy atom. The summed E-state index contributed by atoms with van der Waals surface area (Å²) < 4.78 is 18.2. The van der Waals surface area contributed by atoms with Crippen LogP contribution in [0.4, 0.5) is 4.39 Å². The summed E-state index contributed by atoms with van der Waals surface area (Å²) in [6, 6.07) is 9.17. The van der Waals surface area contributed by atoms with Crippen molar-refractivity contribution in [3.05, 3.63) is 80.2 Å². The van der Waals surface area contributed by atoms with Crippen LogP contribution >= 0.6 is 11.3 Å². The van der Waals surface area contributed by atoms with Gasteiger partial charge < -0.3 is 10.0 Å². The summed E-state index contributed by atoms with van der Waals surface area (Å²) in [6.45, 7) is 0.616. The van der Waals surface area contributed by atoms with Crippen molar-refractivity contribution in [2.75, 3.05) is 6.54 Å². The highest BCUT2D eigenvalue weighted by Crippen LogP contribution is 2.48. The molecule has 1 saturated heterocycles. The Balaban J connectivity index is 1.59. The van der Waals surface area contributed by atoms with Gasteiger partial charge in [-0.25, -0.2) is 14.0 Å². The highest BCUT2D eigenvalue weighted by atomic mass is 32.1. The number of carboxylic acids is 1. The highest BCUT2D eigenvalue weighted by Gasteiger charge is 2.44. The molecule has 36 heavy (non-hydrogen) atoms. The van der Waals surface area contributed by atoms with Crippen LogP contribution in [-0.4, -0.2) is 43.6 Å². The van der Waals surface area contributed by atoms with Crippen LogP contribution in [0, 0.1) is 5.82 Å². The molecule has 9 nitrogen and oxygen atoms in total. The van der Waals surface area contributed by atoms with Crippen molar-refractivity contribution in [1.29, 1.82) is 0 Å². The number of thiophene rings is 1. The van der Waals surface area contributed by atoms with E-state index in [4.69, 9.17) is 9.51 Å². The Morgan fingerprint density at radius 1 is 1.14 bits per heavy atom. The monoisotopic (exact) mass is 506 g/mol. The Hall–Kier alpha value is -4.12. The molecule has 0 bridgehead atoms. The Labute approximate surface area is 207 Å². The Bertz CT molecular complexity index is 1570. The van der Waals surface area contributed by atoms with Gasteiger partial charge in [-0.15, -0.1) is 11.3 Å². The van der Waals surface area contributed by atoms with Crippen LogP contribution in [0.25, 0.3) is 21.8 Å². The number of halogens is 1. The van der Waals surface area contributed by atoms with Gasteiger partial charge in [0.05, 0.1) is 28.6 Å². The number of hydrogen-bond donors (Lipinski definition) is 2. The second-order valence-corrected chi connectivity index (χ2v) is 9.85. The zero-order chi connectivity index (χ0) is 25.0. The number of aromatic nitrogens is 3. The molecule has 1 amide bonds. The van der Waals surface area contributed by atoms with Crippen molar-refractivity contribution in [3.63, 3.8) is 0 Å². The van der Waals surface area contributed by atoms with E-state index >= 15 is 0 Å². The molecule has 2 aliphatic rings. The number of H-pyrrole nitrogens is 1. The number of aromatic amines is 1. The summed E-state index contributed by atoms with van der Waals surface area (Å²) in [6.07, 6.45) is 2.59. The van der Waals surface area contributed by atoms with Crippen LogP contribution in [0.15, 0.2) is 45.7 Å². The van der Waals surface area contributed by atoms with Crippen LogP contribution in [0.2, 0.25) is 0 Å². The summed E-state index contributed by atoms with van der Waals surface area (Å²) in [5.41, 5.74) is 3.46. The zero-order valence-corrected chi connectivity index (χ0v) is 19.6. The quantitative estimate of drug-likeness (QED) is 0.403. The molecule has 2 N–H and O–H groups in total. The molecular weight excluding hydrogens is 487 g/mol. The van der Waals surface area contributed by atoms with Gasteiger partial charge in [0.25, 0.3) is 5.91 Å². The molecule has 1 atom stereocenters. The van der Waals surface area contributed by atoms with E-state index in [1.165, 1.54) is 18.2 Å². The predicted molar refractivity (Wildman–Crippen MR) is 127 cm³/mol. The van der Waals surface area contributed by atoms with Gasteiger partial charge in [-0.3, -0.25) is 19.3 Å². The lowest BCUT2D eigenvalue weighted by molar-refractivity contribution is 0.0701. The van der Waals surface area contributed by atoms with E-state index in [0.29, 0.717) is 52.3 Å². The number of hydrogen-bond acceptors (Lipinski definition) is 7. The van der Waals surface area contributed by atoms with Gasteiger partial charge in [0.1, 0.15) is 10.7 Å². The highest BCUT2D eigenvalue weighted by molar-refractivity contribution is 7.17. The number of benzene rings is 1.